The zero-order valence-electron chi connectivity index (χ0n) is 26.5. The van der Waals surface area contributed by atoms with Crippen molar-refractivity contribution in [3.05, 3.63) is 65.2 Å². The van der Waals surface area contributed by atoms with Crippen LogP contribution in [-0.2, 0) is 35.2 Å². The number of hydroxylamine groups is 1. The first-order valence-corrected chi connectivity index (χ1v) is 15.8. The molecule has 0 aromatic heterocycles. The molecular formula is C34H47N3O8. The number of esters is 1. The quantitative estimate of drug-likeness (QED) is 0.105. The van der Waals surface area contributed by atoms with E-state index in [9.17, 15) is 19.5 Å². The van der Waals surface area contributed by atoms with Gasteiger partial charge in [-0.15, -0.1) is 0 Å². The molecule has 11 nitrogen and oxygen atoms in total. The lowest BCUT2D eigenvalue weighted by Gasteiger charge is -2.38. The van der Waals surface area contributed by atoms with Crippen molar-refractivity contribution >= 4 is 23.5 Å². The summed E-state index contributed by atoms with van der Waals surface area (Å²) < 4.78 is 18.7. The number of hydrogen-bond donors (Lipinski definition) is 4. The standard InChI is InChI=1S/C34H47N3O8/c1-34(2,3)45-32(41)28-11-8-18-37(28)21-27-20-29(24-16-14-23(22-38)15-17-24)44-33(43-27)25-9-7-10-26(19-25)35-30(39)12-5-4-6-13-31(40)36-42/h7,9-10,14-17,19,27-29,33,38,42H,4-6,8,11-13,18,20-22H2,1-3H3,(H,35,39)(H,36,40)/t27-,28+,29+,33+/m1/s1. The third-order valence-corrected chi connectivity index (χ3v) is 7.97. The van der Waals surface area contributed by atoms with E-state index in [-0.39, 0.29) is 43.2 Å². The number of anilines is 1. The number of likely N-dealkylation sites (tertiary alicyclic amines) is 1. The lowest BCUT2D eigenvalue weighted by atomic mass is 9.99. The van der Waals surface area contributed by atoms with E-state index < -0.39 is 17.8 Å². The number of rotatable bonds is 13. The van der Waals surface area contributed by atoms with Gasteiger partial charge in [-0.05, 0) is 76.3 Å². The van der Waals surface area contributed by atoms with E-state index >= 15 is 0 Å². The third kappa shape index (κ3) is 10.6. The number of nitrogens with zero attached hydrogens (tertiary/aromatic N) is 1. The second kappa shape index (κ2) is 16.3. The van der Waals surface area contributed by atoms with Gasteiger partial charge in [-0.25, -0.2) is 5.48 Å². The number of aliphatic hydroxyl groups is 1. The highest BCUT2D eigenvalue weighted by molar-refractivity contribution is 5.90. The maximum Gasteiger partial charge on any atom is 0.323 e. The molecule has 2 aliphatic rings. The first kappa shape index (κ1) is 34.5. The van der Waals surface area contributed by atoms with Crippen LogP contribution in [0.2, 0.25) is 0 Å². The Balaban J connectivity index is 1.44. The Morgan fingerprint density at radius 3 is 2.40 bits per heavy atom. The number of unbranched alkanes of at least 4 members (excludes halogenated alkanes) is 2. The Morgan fingerprint density at radius 2 is 1.71 bits per heavy atom. The van der Waals surface area contributed by atoms with E-state index in [1.54, 1.807) is 5.48 Å². The molecule has 0 radical (unpaired) electrons. The lowest BCUT2D eigenvalue weighted by Crippen LogP contribution is -2.45. The number of nitrogens with one attached hydrogen (secondary N) is 2. The van der Waals surface area contributed by atoms with Crippen LogP contribution in [0, 0.1) is 0 Å². The predicted molar refractivity (Wildman–Crippen MR) is 167 cm³/mol. The maximum atomic E-state index is 13.0. The molecule has 45 heavy (non-hydrogen) atoms. The largest absolute Gasteiger partial charge is 0.459 e. The van der Waals surface area contributed by atoms with Crippen LogP contribution in [0.1, 0.15) is 101 Å². The highest BCUT2D eigenvalue weighted by Gasteiger charge is 2.39. The fraction of sp³-hybridized carbons (Fsp3) is 0.559. The maximum absolute atomic E-state index is 13.0. The molecule has 0 spiro atoms. The second-order valence-electron chi connectivity index (χ2n) is 12.8. The number of benzene rings is 2. The van der Waals surface area contributed by atoms with Crippen molar-refractivity contribution in [2.24, 2.45) is 0 Å². The van der Waals surface area contributed by atoms with Gasteiger partial charge >= 0.3 is 5.97 Å². The molecule has 2 aromatic carbocycles. The summed E-state index contributed by atoms with van der Waals surface area (Å²) in [5.74, 6) is -0.775. The molecule has 0 unspecified atom stereocenters. The Kier molecular flexibility index (Phi) is 12.5. The van der Waals surface area contributed by atoms with Crippen LogP contribution in [0.4, 0.5) is 5.69 Å². The molecule has 2 saturated heterocycles. The zero-order chi connectivity index (χ0) is 32.4. The molecule has 4 atom stereocenters. The van der Waals surface area contributed by atoms with Crippen LogP contribution in [-0.4, -0.2) is 63.8 Å². The molecule has 4 rings (SSSR count). The highest BCUT2D eigenvalue weighted by atomic mass is 16.7. The number of ether oxygens (including phenoxy) is 3. The first-order valence-electron chi connectivity index (χ1n) is 15.8. The molecule has 11 heteroatoms. The molecule has 2 fully saturated rings. The minimum Gasteiger partial charge on any atom is -0.459 e. The van der Waals surface area contributed by atoms with Gasteiger partial charge in [0.25, 0.3) is 0 Å². The summed E-state index contributed by atoms with van der Waals surface area (Å²) in [7, 11) is 0. The number of amides is 2. The van der Waals surface area contributed by atoms with Gasteiger partial charge in [0.2, 0.25) is 11.8 Å². The second-order valence-corrected chi connectivity index (χ2v) is 12.8. The zero-order valence-corrected chi connectivity index (χ0v) is 26.5. The van der Waals surface area contributed by atoms with Gasteiger partial charge in [0.15, 0.2) is 6.29 Å². The van der Waals surface area contributed by atoms with Crippen LogP contribution in [0.3, 0.4) is 0 Å². The number of hydrogen-bond acceptors (Lipinski definition) is 9. The van der Waals surface area contributed by atoms with Crippen LogP contribution in [0.15, 0.2) is 48.5 Å². The Labute approximate surface area is 265 Å². The van der Waals surface area contributed by atoms with Gasteiger partial charge < -0.3 is 24.6 Å². The summed E-state index contributed by atoms with van der Waals surface area (Å²) in [5.41, 5.74) is 4.22. The SMILES string of the molecule is CC(C)(C)OC(=O)[C@@H]1CCCN1C[C@H]1C[C@@H](c2ccc(CO)cc2)O[C@@H](c2cccc(NC(=O)CCCCCC(=O)NO)c2)O1. The molecular weight excluding hydrogens is 578 g/mol. The fourth-order valence-corrected chi connectivity index (χ4v) is 5.77. The van der Waals surface area contributed by atoms with E-state index in [0.29, 0.717) is 44.3 Å². The monoisotopic (exact) mass is 625 g/mol. The summed E-state index contributed by atoms with van der Waals surface area (Å²) in [6.07, 6.45) is 3.44. The first-order chi connectivity index (χ1) is 21.5. The van der Waals surface area contributed by atoms with Crippen molar-refractivity contribution in [1.29, 1.82) is 0 Å². The minimum absolute atomic E-state index is 0.0411. The Bertz CT molecular complexity index is 1280. The van der Waals surface area contributed by atoms with Crippen LogP contribution in [0.5, 0.6) is 0 Å². The van der Waals surface area contributed by atoms with Gasteiger partial charge in [0, 0.05) is 37.1 Å². The molecule has 0 saturated carbocycles. The molecule has 4 N–H and O–H groups in total. The molecule has 2 heterocycles. The van der Waals surface area contributed by atoms with Crippen molar-refractivity contribution in [1.82, 2.24) is 10.4 Å². The lowest BCUT2D eigenvalue weighted by molar-refractivity contribution is -0.253. The van der Waals surface area contributed by atoms with Crippen LogP contribution in [0.25, 0.3) is 0 Å². The van der Waals surface area contributed by atoms with Gasteiger partial charge in [-0.1, -0.05) is 42.8 Å². The van der Waals surface area contributed by atoms with Gasteiger partial charge in [-0.2, -0.15) is 0 Å². The third-order valence-electron chi connectivity index (χ3n) is 7.97. The van der Waals surface area contributed by atoms with Crippen LogP contribution >= 0.6 is 0 Å². The normalized spacial score (nSPS) is 22.2. The number of aliphatic hydroxyl groups excluding tert-OH is 1. The van der Waals surface area contributed by atoms with Crippen LogP contribution < -0.4 is 10.8 Å². The fourth-order valence-electron chi connectivity index (χ4n) is 5.77. The molecule has 2 aliphatic heterocycles. The van der Waals surface area contributed by atoms with Crippen molar-refractivity contribution in [2.75, 3.05) is 18.4 Å². The van der Waals surface area contributed by atoms with Gasteiger partial charge in [-0.3, -0.25) is 24.5 Å². The highest BCUT2D eigenvalue weighted by Crippen LogP contribution is 2.39. The van der Waals surface area contributed by atoms with E-state index in [0.717, 1.165) is 36.1 Å². The van der Waals surface area contributed by atoms with E-state index in [2.05, 4.69) is 10.2 Å². The Morgan fingerprint density at radius 1 is 0.978 bits per heavy atom. The van der Waals surface area contributed by atoms with Gasteiger partial charge in [0.05, 0.1) is 18.8 Å². The topological polar surface area (TPSA) is 147 Å². The smallest absolute Gasteiger partial charge is 0.323 e. The minimum atomic E-state index is -0.705. The summed E-state index contributed by atoms with van der Waals surface area (Å²) in [6.45, 7) is 6.92. The predicted octanol–water partition coefficient (Wildman–Crippen LogP) is 4.92. The molecule has 0 aliphatic carbocycles. The summed E-state index contributed by atoms with van der Waals surface area (Å²) in [5, 5.41) is 21.0. The number of carbonyl (C=O) groups is 3. The van der Waals surface area contributed by atoms with Crippen molar-refractivity contribution < 1.29 is 38.9 Å². The van der Waals surface area contributed by atoms with Gasteiger partial charge in [0.1, 0.15) is 11.6 Å². The van der Waals surface area contributed by atoms with Crippen molar-refractivity contribution in [3.8, 4) is 0 Å². The molecule has 246 valence electrons. The summed E-state index contributed by atoms with van der Waals surface area (Å²) in [4.78, 5) is 38.9. The summed E-state index contributed by atoms with van der Waals surface area (Å²) >= 11 is 0. The number of carbonyl (C=O) groups excluding carboxylic acids is 3. The van der Waals surface area contributed by atoms with Crippen molar-refractivity contribution in [3.63, 3.8) is 0 Å². The molecule has 2 amide bonds. The molecule has 2 aromatic rings. The summed E-state index contributed by atoms with van der Waals surface area (Å²) in [6, 6.07) is 14.8. The van der Waals surface area contributed by atoms with E-state index in [4.69, 9.17) is 19.4 Å². The van der Waals surface area contributed by atoms with E-state index in [1.165, 1.54) is 0 Å². The van der Waals surface area contributed by atoms with E-state index in [1.807, 2.05) is 69.3 Å². The average molecular weight is 626 g/mol. The van der Waals surface area contributed by atoms with Crippen molar-refractivity contribution in [2.45, 2.75) is 109 Å². The molecule has 0 bridgehead atoms. The average Bonchev–Trinajstić information content (AvgIpc) is 3.48. The Hall–Kier alpha value is -3.35.